The first-order valence-corrected chi connectivity index (χ1v) is 14.9. The zero-order valence-electron chi connectivity index (χ0n) is 25.4. The van der Waals surface area contributed by atoms with Gasteiger partial charge in [0, 0.05) is 23.5 Å². The summed E-state index contributed by atoms with van der Waals surface area (Å²) in [7, 11) is 0. The van der Waals surface area contributed by atoms with Crippen LogP contribution in [-0.2, 0) is 14.3 Å². The number of benzene rings is 3. The summed E-state index contributed by atoms with van der Waals surface area (Å²) in [6.45, 7) is 5.27. The van der Waals surface area contributed by atoms with E-state index in [1.807, 2.05) is 6.07 Å². The van der Waals surface area contributed by atoms with Gasteiger partial charge in [-0.25, -0.2) is 23.7 Å². The maximum absolute atomic E-state index is 14.3. The van der Waals surface area contributed by atoms with Crippen molar-refractivity contribution in [1.29, 1.82) is 0 Å². The van der Waals surface area contributed by atoms with Crippen molar-refractivity contribution in [2.24, 2.45) is 0 Å². The van der Waals surface area contributed by atoms with Crippen LogP contribution in [0.25, 0.3) is 0 Å². The van der Waals surface area contributed by atoms with Gasteiger partial charge in [0.25, 0.3) is 0 Å². The van der Waals surface area contributed by atoms with Gasteiger partial charge < -0.3 is 18.9 Å². The number of ether oxygens (including phenoxy) is 4. The van der Waals surface area contributed by atoms with E-state index in [9.17, 15) is 23.6 Å². The van der Waals surface area contributed by atoms with Gasteiger partial charge in [-0.2, -0.15) is 0 Å². The molecule has 1 aliphatic carbocycles. The topological polar surface area (TPSA) is 132 Å². The van der Waals surface area contributed by atoms with Crippen LogP contribution in [0.4, 0.5) is 35.8 Å². The molecule has 4 amide bonds. The van der Waals surface area contributed by atoms with Crippen molar-refractivity contribution in [3.63, 3.8) is 0 Å². The monoisotopic (exact) mass is 653 g/mol. The predicted octanol–water partition coefficient (Wildman–Crippen LogP) is 8.44. The molecule has 0 aromatic heterocycles. The van der Waals surface area contributed by atoms with Crippen molar-refractivity contribution in [2.75, 3.05) is 22.1 Å². The van der Waals surface area contributed by atoms with E-state index in [2.05, 4.69) is 10.6 Å². The van der Waals surface area contributed by atoms with Crippen molar-refractivity contribution in [2.45, 2.75) is 52.6 Å². The lowest BCUT2D eigenvalue weighted by Gasteiger charge is -2.18. The van der Waals surface area contributed by atoms with E-state index in [0.29, 0.717) is 27.6 Å². The van der Waals surface area contributed by atoms with E-state index in [1.165, 1.54) is 12.1 Å². The van der Waals surface area contributed by atoms with Gasteiger partial charge in [0.05, 0.1) is 23.4 Å². The zero-order chi connectivity index (χ0) is 33.2. The molecular formula is C33H33ClFN3O8. The predicted molar refractivity (Wildman–Crippen MR) is 170 cm³/mol. The van der Waals surface area contributed by atoms with E-state index >= 15 is 0 Å². The number of halogens is 2. The van der Waals surface area contributed by atoms with Gasteiger partial charge in [-0.1, -0.05) is 35.9 Å². The minimum absolute atomic E-state index is 0.00962. The number of carbonyl (C=O) groups is 4. The van der Waals surface area contributed by atoms with Gasteiger partial charge >= 0.3 is 24.2 Å². The molecule has 0 bridgehead atoms. The molecule has 2 fully saturated rings. The van der Waals surface area contributed by atoms with Gasteiger partial charge in [0.15, 0.2) is 5.76 Å². The average molecular weight is 654 g/mol. The Kier molecular flexibility index (Phi) is 11.6. The molecule has 1 saturated heterocycles. The standard InChI is InChI=1S/C17H17ClFNO4.C16H16N2O4/c1-9(2)15-16(21)20(17(22)24-15)13-8-14(11(18)7-12(13)19)23-10-5-3-4-6-10;1-2-21-15(19)18-13-9-6-10-14(11-13)22-16(20)17-12-7-4-3-5-8-12/h7-8,10H,3-6H2,1-2H3;3-11H,2H2,1H3,(H,17,20)(H,18,19). The van der Waals surface area contributed by atoms with Crippen molar-refractivity contribution in [3.05, 3.63) is 88.9 Å². The third kappa shape index (κ3) is 8.98. The number of hydrogen-bond donors (Lipinski definition) is 2. The number of para-hydroxylation sites is 1. The van der Waals surface area contributed by atoms with Crippen molar-refractivity contribution < 1.29 is 42.5 Å². The largest absolute Gasteiger partial charge is 0.489 e. The smallest absolute Gasteiger partial charge is 0.427 e. The summed E-state index contributed by atoms with van der Waals surface area (Å²) in [6, 6.07) is 17.7. The summed E-state index contributed by atoms with van der Waals surface area (Å²) < 4.78 is 35.0. The minimum Gasteiger partial charge on any atom is -0.489 e. The second kappa shape index (κ2) is 15.8. The zero-order valence-corrected chi connectivity index (χ0v) is 26.2. The van der Waals surface area contributed by atoms with E-state index < -0.39 is 30.0 Å². The van der Waals surface area contributed by atoms with Crippen LogP contribution in [-0.4, -0.2) is 36.9 Å². The van der Waals surface area contributed by atoms with Crippen molar-refractivity contribution in [1.82, 2.24) is 0 Å². The maximum Gasteiger partial charge on any atom is 0.427 e. The number of nitrogens with zero attached hydrogens (tertiary/aromatic N) is 1. The Bertz CT molecular complexity index is 1620. The summed E-state index contributed by atoms with van der Waals surface area (Å²) in [6.07, 6.45) is 1.83. The molecule has 11 nitrogen and oxygen atoms in total. The van der Waals surface area contributed by atoms with Gasteiger partial charge in [0.1, 0.15) is 17.3 Å². The van der Waals surface area contributed by atoms with E-state index in [-0.39, 0.29) is 34.9 Å². The van der Waals surface area contributed by atoms with Gasteiger partial charge in [-0.15, -0.1) is 0 Å². The summed E-state index contributed by atoms with van der Waals surface area (Å²) in [4.78, 5) is 48.1. The number of nitrogens with one attached hydrogen (secondary N) is 2. The molecule has 13 heteroatoms. The second-order valence-corrected chi connectivity index (χ2v) is 10.8. The fraction of sp³-hybridized carbons (Fsp3) is 0.273. The van der Waals surface area contributed by atoms with Crippen molar-refractivity contribution >= 4 is 52.8 Å². The van der Waals surface area contributed by atoms with Crippen LogP contribution < -0.4 is 25.0 Å². The first kappa shape index (κ1) is 33.8. The molecule has 5 rings (SSSR count). The summed E-state index contributed by atoms with van der Waals surface area (Å²) in [5.41, 5.74) is 1.42. The molecule has 0 atom stereocenters. The average Bonchev–Trinajstić information content (AvgIpc) is 3.63. The fourth-order valence-electron chi connectivity index (χ4n) is 4.54. The van der Waals surface area contributed by atoms with Crippen LogP contribution in [0.15, 0.2) is 78.1 Å². The number of allylic oxidation sites excluding steroid dienone is 1. The van der Waals surface area contributed by atoms with E-state index in [0.717, 1.165) is 31.7 Å². The molecule has 1 saturated carbocycles. The minimum atomic E-state index is -0.941. The van der Waals surface area contributed by atoms with Crippen LogP contribution in [0.2, 0.25) is 5.02 Å². The van der Waals surface area contributed by atoms with Crippen LogP contribution in [0, 0.1) is 5.82 Å². The Labute approximate surface area is 270 Å². The number of cyclic esters (lactones) is 1. The van der Waals surface area contributed by atoms with Crippen LogP contribution >= 0.6 is 11.6 Å². The first-order chi connectivity index (χ1) is 22.0. The first-order valence-electron chi connectivity index (χ1n) is 14.5. The maximum atomic E-state index is 14.3. The number of amides is 4. The lowest BCUT2D eigenvalue weighted by atomic mass is 10.2. The molecule has 2 N–H and O–H groups in total. The highest BCUT2D eigenvalue weighted by molar-refractivity contribution is 6.32. The second-order valence-electron chi connectivity index (χ2n) is 10.3. The highest BCUT2D eigenvalue weighted by Crippen LogP contribution is 2.37. The van der Waals surface area contributed by atoms with Crippen LogP contribution in [0.1, 0.15) is 46.5 Å². The van der Waals surface area contributed by atoms with Crippen LogP contribution in [0.5, 0.6) is 11.5 Å². The molecule has 0 radical (unpaired) electrons. The fourth-order valence-corrected chi connectivity index (χ4v) is 4.74. The van der Waals surface area contributed by atoms with E-state index in [4.69, 9.17) is 30.5 Å². The highest BCUT2D eigenvalue weighted by atomic mass is 35.5. The van der Waals surface area contributed by atoms with Crippen LogP contribution in [0.3, 0.4) is 0 Å². The number of anilines is 3. The molecule has 2 aliphatic rings. The molecule has 3 aromatic carbocycles. The lowest BCUT2D eigenvalue weighted by Crippen LogP contribution is -2.29. The Morgan fingerprint density at radius 1 is 0.957 bits per heavy atom. The van der Waals surface area contributed by atoms with Gasteiger partial charge in [-0.05, 0) is 82.4 Å². The molecule has 1 heterocycles. The highest BCUT2D eigenvalue weighted by Gasteiger charge is 2.40. The number of carbonyl (C=O) groups excluding carboxylic acids is 4. The number of hydrogen-bond acceptors (Lipinski definition) is 8. The summed E-state index contributed by atoms with van der Waals surface area (Å²) in [5, 5.41) is 5.23. The number of rotatable bonds is 7. The molecule has 46 heavy (non-hydrogen) atoms. The Balaban J connectivity index is 0.000000210. The normalized spacial score (nSPS) is 14.2. The Morgan fingerprint density at radius 3 is 2.28 bits per heavy atom. The Hall–Kier alpha value is -5.10. The molecule has 1 aliphatic heterocycles. The SMILES string of the molecule is CC(C)=C1OC(=O)N(c2cc(OC3CCCC3)c(Cl)cc2F)C1=O.CCOC(=O)Nc1cccc(OC(=O)Nc2ccccc2)c1. The van der Waals surface area contributed by atoms with E-state index in [1.54, 1.807) is 63.2 Å². The third-order valence-electron chi connectivity index (χ3n) is 6.65. The van der Waals surface area contributed by atoms with Crippen molar-refractivity contribution in [3.8, 4) is 11.5 Å². The molecule has 0 spiro atoms. The number of imide groups is 1. The molecule has 242 valence electrons. The summed E-state index contributed by atoms with van der Waals surface area (Å²) in [5.74, 6) is -1.02. The lowest BCUT2D eigenvalue weighted by molar-refractivity contribution is -0.114. The van der Waals surface area contributed by atoms with Gasteiger partial charge in [-0.3, -0.25) is 15.4 Å². The molecule has 3 aromatic rings. The van der Waals surface area contributed by atoms with Gasteiger partial charge in [0.2, 0.25) is 0 Å². The Morgan fingerprint density at radius 2 is 1.63 bits per heavy atom. The molecular weight excluding hydrogens is 621 g/mol. The molecule has 0 unspecified atom stereocenters. The third-order valence-corrected chi connectivity index (χ3v) is 6.94. The quantitative estimate of drug-likeness (QED) is 0.243. The summed E-state index contributed by atoms with van der Waals surface area (Å²) >= 11 is 6.04.